The third-order valence-corrected chi connectivity index (χ3v) is 7.50. The molecule has 3 aliphatic rings. The van der Waals surface area contributed by atoms with Crippen molar-refractivity contribution in [2.45, 2.75) is 45.1 Å². The molecule has 226 valence electrons. The van der Waals surface area contributed by atoms with E-state index in [1.807, 2.05) is 42.8 Å². The number of imide groups is 1. The third kappa shape index (κ3) is 7.36. The van der Waals surface area contributed by atoms with Gasteiger partial charge >= 0.3 is 6.03 Å². The Kier molecular flexibility index (Phi) is 9.14. The van der Waals surface area contributed by atoms with E-state index in [0.29, 0.717) is 35.3 Å². The second-order valence-electron chi connectivity index (χ2n) is 11.1. The summed E-state index contributed by atoms with van der Waals surface area (Å²) < 4.78 is 1.95. The molecule has 3 aromatic heterocycles. The van der Waals surface area contributed by atoms with Crippen LogP contribution in [0.2, 0.25) is 0 Å². The highest BCUT2D eigenvalue weighted by atomic mass is 16.2. The molecule has 44 heavy (non-hydrogen) atoms. The predicted molar refractivity (Wildman–Crippen MR) is 166 cm³/mol. The predicted octanol–water partition coefficient (Wildman–Crippen LogP) is 4.52. The lowest BCUT2D eigenvalue weighted by molar-refractivity contribution is -0.123. The van der Waals surface area contributed by atoms with Gasteiger partial charge in [0.1, 0.15) is 19.2 Å². The molecule has 7 rings (SSSR count). The van der Waals surface area contributed by atoms with Crippen molar-refractivity contribution in [3.05, 3.63) is 77.8 Å². The van der Waals surface area contributed by atoms with E-state index in [9.17, 15) is 19.6 Å². The van der Waals surface area contributed by atoms with Gasteiger partial charge in [-0.3, -0.25) is 14.6 Å². The number of aryl methyl sites for hydroxylation is 1. The molecule has 1 aromatic carbocycles. The number of fused-ring (bicyclic) bond motifs is 1. The van der Waals surface area contributed by atoms with Gasteiger partial charge in [0.15, 0.2) is 5.65 Å². The Morgan fingerprint density at radius 1 is 1.09 bits per heavy atom. The van der Waals surface area contributed by atoms with E-state index in [2.05, 4.69) is 32.9 Å². The standard InChI is InChI=1S/C23H23N7O2.C5H6N2.C4H6O/c1-25-17-5-14(9-24)6-18(8-17)26-10-19-12-29-11-16(15-3-4-15)7-20(22(29)27-19)30-13-21(31)28(2)23(30)32;1-5-2-3-6-4-7-5;5-3-4-1-2-4/h5-8,11-12,15,25-26H,3-4,10,13H2,1-2H3;2-4H,1H3;3-4H,1-2H2. The quantitative estimate of drug-likeness (QED) is 0.233. The van der Waals surface area contributed by atoms with Crippen LogP contribution >= 0.6 is 0 Å². The zero-order chi connectivity index (χ0) is 31.2. The molecule has 2 N–H and O–H groups in total. The molecule has 0 radical (unpaired) electrons. The number of hydrogen-bond donors (Lipinski definition) is 2. The van der Waals surface area contributed by atoms with Crippen molar-refractivity contribution in [1.82, 2.24) is 24.3 Å². The van der Waals surface area contributed by atoms with Gasteiger partial charge in [0.05, 0.1) is 29.6 Å². The van der Waals surface area contributed by atoms with Crippen molar-refractivity contribution >= 4 is 40.9 Å². The van der Waals surface area contributed by atoms with E-state index in [4.69, 9.17) is 4.98 Å². The molecule has 0 bridgehead atoms. The molecule has 0 atom stereocenters. The van der Waals surface area contributed by atoms with Gasteiger partial charge in [-0.05, 0) is 74.4 Å². The van der Waals surface area contributed by atoms with Gasteiger partial charge in [-0.1, -0.05) is 0 Å². The number of carbonyl (C=O) groups is 3. The van der Waals surface area contributed by atoms with Crippen LogP contribution in [0.1, 0.15) is 54.1 Å². The largest absolute Gasteiger partial charge is 0.388 e. The molecule has 12 nitrogen and oxygen atoms in total. The first kappa shape index (κ1) is 30.2. The van der Waals surface area contributed by atoms with Crippen LogP contribution in [0.25, 0.3) is 5.65 Å². The van der Waals surface area contributed by atoms with Gasteiger partial charge in [-0.15, -0.1) is 0 Å². The first-order valence-electron chi connectivity index (χ1n) is 14.5. The highest BCUT2D eigenvalue weighted by molar-refractivity contribution is 6.13. The van der Waals surface area contributed by atoms with Crippen molar-refractivity contribution in [2.24, 2.45) is 5.92 Å². The smallest absolute Gasteiger partial charge is 0.331 e. The zero-order valence-electron chi connectivity index (χ0n) is 25.0. The zero-order valence-corrected chi connectivity index (χ0v) is 25.0. The summed E-state index contributed by atoms with van der Waals surface area (Å²) in [6.07, 6.45) is 12.8. The number of anilines is 3. The SMILES string of the molecule is CNc1cc(C#N)cc(NCc2cn3cc(C4CC4)cc(N4CC(=O)N(C)C4=O)c3n2)c1.Cc1ccncn1.O=CC1CC1. The average molecular weight is 594 g/mol. The number of likely N-dealkylation sites (N-methyl/N-ethyl adjacent to an activating group) is 1. The van der Waals surface area contributed by atoms with Gasteiger partial charge < -0.3 is 19.8 Å². The third-order valence-electron chi connectivity index (χ3n) is 7.50. The summed E-state index contributed by atoms with van der Waals surface area (Å²) in [6, 6.07) is 11.2. The summed E-state index contributed by atoms with van der Waals surface area (Å²) in [7, 11) is 3.31. The fraction of sp³-hybridized carbons (Fsp3) is 0.344. The van der Waals surface area contributed by atoms with E-state index in [0.717, 1.165) is 65.2 Å². The molecular weight excluding hydrogens is 558 g/mol. The lowest BCUT2D eigenvalue weighted by Crippen LogP contribution is -2.30. The average Bonchev–Trinajstić information content (AvgIpc) is 3.98. The fourth-order valence-corrected chi connectivity index (χ4v) is 4.58. The van der Waals surface area contributed by atoms with E-state index in [-0.39, 0.29) is 18.5 Å². The number of nitrogens with one attached hydrogen (secondary N) is 2. The molecule has 2 aliphatic carbocycles. The van der Waals surface area contributed by atoms with E-state index in [1.54, 1.807) is 18.3 Å². The molecule has 12 heteroatoms. The van der Waals surface area contributed by atoms with E-state index >= 15 is 0 Å². The Hall–Kier alpha value is -5.31. The summed E-state index contributed by atoms with van der Waals surface area (Å²) in [5.41, 5.74) is 6.47. The van der Waals surface area contributed by atoms with Crippen molar-refractivity contribution in [3.8, 4) is 6.07 Å². The molecule has 3 amide bonds. The topological polar surface area (TPSA) is 149 Å². The number of nitriles is 1. The van der Waals surface area contributed by atoms with Crippen LogP contribution in [0.3, 0.4) is 0 Å². The minimum Gasteiger partial charge on any atom is -0.388 e. The normalized spacial score (nSPS) is 15.6. The van der Waals surface area contributed by atoms with Gasteiger partial charge in [0.2, 0.25) is 5.91 Å². The minimum absolute atomic E-state index is 0.0211. The van der Waals surface area contributed by atoms with Crippen LogP contribution in [0, 0.1) is 24.2 Å². The molecule has 4 aromatic rings. The van der Waals surface area contributed by atoms with E-state index < -0.39 is 0 Å². The number of carbonyl (C=O) groups excluding carboxylic acids is 3. The van der Waals surface area contributed by atoms with Gasteiger partial charge in [-0.2, -0.15) is 5.26 Å². The molecule has 4 heterocycles. The fourth-order valence-electron chi connectivity index (χ4n) is 4.58. The van der Waals surface area contributed by atoms with Crippen LogP contribution < -0.4 is 15.5 Å². The number of hydrogen-bond acceptors (Lipinski definition) is 9. The van der Waals surface area contributed by atoms with Gasteiger partial charge in [0.25, 0.3) is 0 Å². The Balaban J connectivity index is 0.000000265. The van der Waals surface area contributed by atoms with Gasteiger partial charge in [-0.25, -0.2) is 19.7 Å². The van der Waals surface area contributed by atoms with Crippen LogP contribution in [-0.4, -0.2) is 63.1 Å². The monoisotopic (exact) mass is 593 g/mol. The van der Waals surface area contributed by atoms with Crippen molar-refractivity contribution < 1.29 is 14.4 Å². The Labute approximate surface area is 255 Å². The molecule has 1 aliphatic heterocycles. The van der Waals surface area contributed by atoms with Crippen LogP contribution in [0.4, 0.5) is 21.9 Å². The summed E-state index contributed by atoms with van der Waals surface area (Å²) in [6.45, 7) is 2.40. The van der Waals surface area contributed by atoms with E-state index in [1.165, 1.54) is 18.3 Å². The van der Waals surface area contributed by atoms with Crippen molar-refractivity contribution in [2.75, 3.05) is 36.2 Å². The Bertz CT molecular complexity index is 1710. The molecule has 2 saturated carbocycles. The number of aldehydes is 1. The number of amides is 3. The lowest BCUT2D eigenvalue weighted by atomic mass is 10.1. The van der Waals surface area contributed by atoms with Crippen LogP contribution in [0.5, 0.6) is 0 Å². The second-order valence-corrected chi connectivity index (χ2v) is 11.1. The number of pyridine rings is 1. The molecule has 1 saturated heterocycles. The Morgan fingerprint density at radius 3 is 2.39 bits per heavy atom. The Morgan fingerprint density at radius 2 is 1.86 bits per heavy atom. The maximum absolute atomic E-state index is 12.6. The molecule has 0 unspecified atom stereocenters. The summed E-state index contributed by atoms with van der Waals surface area (Å²) in [4.78, 5) is 49.3. The highest BCUT2D eigenvalue weighted by Gasteiger charge is 2.36. The molecular formula is C32H35N9O3. The first-order chi connectivity index (χ1) is 21.3. The molecule has 3 fully saturated rings. The highest BCUT2D eigenvalue weighted by Crippen LogP contribution is 2.42. The minimum atomic E-state index is -0.333. The van der Waals surface area contributed by atoms with Gasteiger partial charge in [0, 0.05) is 55.7 Å². The lowest BCUT2D eigenvalue weighted by Gasteiger charge is -2.17. The summed E-state index contributed by atoms with van der Waals surface area (Å²) in [5.74, 6) is 0.716. The number of aromatic nitrogens is 4. The first-order valence-corrected chi connectivity index (χ1v) is 14.5. The van der Waals surface area contributed by atoms with Crippen molar-refractivity contribution in [1.29, 1.82) is 5.26 Å². The van der Waals surface area contributed by atoms with Crippen LogP contribution in [-0.2, 0) is 16.1 Å². The van der Waals surface area contributed by atoms with Crippen molar-refractivity contribution in [3.63, 3.8) is 0 Å². The number of benzene rings is 1. The summed E-state index contributed by atoms with van der Waals surface area (Å²) in [5, 5.41) is 15.6. The van der Waals surface area contributed by atoms with Crippen LogP contribution in [0.15, 0.2) is 55.2 Å². The number of urea groups is 1. The number of nitrogens with zero attached hydrogens (tertiary/aromatic N) is 7. The molecule has 0 spiro atoms. The maximum atomic E-state index is 12.6. The second kappa shape index (κ2) is 13.3. The number of rotatable bonds is 7. The summed E-state index contributed by atoms with van der Waals surface area (Å²) >= 11 is 0. The number of imidazole rings is 1. The maximum Gasteiger partial charge on any atom is 0.331 e.